The van der Waals surface area contributed by atoms with Gasteiger partial charge in [-0.2, -0.15) is 0 Å². The highest BCUT2D eigenvalue weighted by atomic mass is 16.2. The zero-order valence-corrected chi connectivity index (χ0v) is 16.3. The SMILES string of the molecule is CCNc1ccc(N2CCN(C(=O)Cn3cnc4ccccc4c3=O)CC2)nn1. The predicted molar refractivity (Wildman–Crippen MR) is 111 cm³/mol. The summed E-state index contributed by atoms with van der Waals surface area (Å²) in [7, 11) is 0. The molecule has 1 aliphatic heterocycles. The molecule has 0 saturated carbocycles. The minimum Gasteiger partial charge on any atom is -0.369 e. The fourth-order valence-electron chi connectivity index (χ4n) is 3.42. The van der Waals surface area contributed by atoms with Crippen molar-refractivity contribution in [3.8, 4) is 0 Å². The average molecular weight is 393 g/mol. The lowest BCUT2D eigenvalue weighted by Gasteiger charge is -2.35. The lowest BCUT2D eigenvalue weighted by atomic mass is 10.2. The molecular weight excluding hydrogens is 370 g/mol. The third kappa shape index (κ3) is 4.03. The maximum absolute atomic E-state index is 12.7. The summed E-state index contributed by atoms with van der Waals surface area (Å²) in [5.41, 5.74) is 0.440. The van der Waals surface area contributed by atoms with Gasteiger partial charge in [-0.1, -0.05) is 12.1 Å². The number of hydrogen-bond donors (Lipinski definition) is 1. The van der Waals surface area contributed by atoms with Crippen molar-refractivity contribution in [1.29, 1.82) is 0 Å². The molecule has 3 aromatic rings. The van der Waals surface area contributed by atoms with E-state index in [0.717, 1.165) is 18.2 Å². The number of piperazine rings is 1. The molecule has 1 N–H and O–H groups in total. The van der Waals surface area contributed by atoms with Crippen molar-refractivity contribution in [2.75, 3.05) is 42.9 Å². The van der Waals surface area contributed by atoms with Gasteiger partial charge in [-0.3, -0.25) is 14.2 Å². The second-order valence-electron chi connectivity index (χ2n) is 6.87. The van der Waals surface area contributed by atoms with E-state index in [1.807, 2.05) is 25.1 Å². The van der Waals surface area contributed by atoms with Gasteiger partial charge in [-0.15, -0.1) is 10.2 Å². The molecule has 150 valence electrons. The number of hydrogen-bond acceptors (Lipinski definition) is 7. The molecule has 1 amide bonds. The number of benzene rings is 1. The van der Waals surface area contributed by atoms with Crippen molar-refractivity contribution in [3.05, 3.63) is 53.1 Å². The van der Waals surface area contributed by atoms with Crippen molar-refractivity contribution < 1.29 is 4.79 Å². The Morgan fingerprint density at radius 3 is 2.59 bits per heavy atom. The van der Waals surface area contributed by atoms with E-state index in [9.17, 15) is 9.59 Å². The number of rotatable bonds is 5. The van der Waals surface area contributed by atoms with E-state index in [-0.39, 0.29) is 18.0 Å². The van der Waals surface area contributed by atoms with Gasteiger partial charge in [0.2, 0.25) is 5.91 Å². The smallest absolute Gasteiger partial charge is 0.261 e. The van der Waals surface area contributed by atoms with Gasteiger partial charge in [0.05, 0.1) is 17.2 Å². The van der Waals surface area contributed by atoms with Crippen LogP contribution in [0.3, 0.4) is 0 Å². The molecule has 0 radical (unpaired) electrons. The van der Waals surface area contributed by atoms with Crippen molar-refractivity contribution in [1.82, 2.24) is 24.6 Å². The summed E-state index contributed by atoms with van der Waals surface area (Å²) in [5.74, 6) is 1.46. The molecule has 1 saturated heterocycles. The van der Waals surface area contributed by atoms with Crippen LogP contribution in [0.4, 0.5) is 11.6 Å². The van der Waals surface area contributed by atoms with Crippen LogP contribution in [0.5, 0.6) is 0 Å². The number of carbonyl (C=O) groups excluding carboxylic acids is 1. The molecule has 3 heterocycles. The van der Waals surface area contributed by atoms with Crippen LogP contribution in [-0.4, -0.2) is 63.3 Å². The summed E-state index contributed by atoms with van der Waals surface area (Å²) in [5, 5.41) is 12.1. The van der Waals surface area contributed by atoms with E-state index in [1.165, 1.54) is 10.9 Å². The first-order valence-electron chi connectivity index (χ1n) is 9.70. The second-order valence-corrected chi connectivity index (χ2v) is 6.87. The van der Waals surface area contributed by atoms with Crippen LogP contribution in [0.2, 0.25) is 0 Å². The third-order valence-corrected chi connectivity index (χ3v) is 5.00. The number of fused-ring (bicyclic) bond motifs is 1. The van der Waals surface area contributed by atoms with Crippen LogP contribution in [0, 0.1) is 0 Å². The first-order chi connectivity index (χ1) is 14.2. The molecule has 29 heavy (non-hydrogen) atoms. The zero-order chi connectivity index (χ0) is 20.2. The van der Waals surface area contributed by atoms with Crippen molar-refractivity contribution in [3.63, 3.8) is 0 Å². The van der Waals surface area contributed by atoms with Crippen molar-refractivity contribution in [2.45, 2.75) is 13.5 Å². The maximum atomic E-state index is 12.7. The molecule has 0 bridgehead atoms. The normalized spacial score (nSPS) is 14.2. The van der Waals surface area contributed by atoms with Crippen LogP contribution in [0.15, 0.2) is 47.5 Å². The van der Waals surface area contributed by atoms with Gasteiger partial charge < -0.3 is 15.1 Å². The Labute approximate surface area is 168 Å². The Kier molecular flexibility index (Phi) is 5.37. The lowest BCUT2D eigenvalue weighted by Crippen LogP contribution is -2.50. The van der Waals surface area contributed by atoms with Crippen LogP contribution in [0.25, 0.3) is 10.9 Å². The summed E-state index contributed by atoms with van der Waals surface area (Å²) in [6.07, 6.45) is 1.44. The quantitative estimate of drug-likeness (QED) is 0.690. The summed E-state index contributed by atoms with van der Waals surface area (Å²) in [6.45, 7) is 5.29. The number of amides is 1. The topological polar surface area (TPSA) is 96.2 Å². The van der Waals surface area contributed by atoms with E-state index in [2.05, 4.69) is 25.4 Å². The number of anilines is 2. The third-order valence-electron chi connectivity index (χ3n) is 5.00. The minimum atomic E-state index is -0.196. The molecule has 0 atom stereocenters. The molecule has 0 spiro atoms. The summed E-state index contributed by atoms with van der Waals surface area (Å²) < 4.78 is 1.38. The molecule has 9 nitrogen and oxygen atoms in total. The maximum Gasteiger partial charge on any atom is 0.261 e. The standard InChI is InChI=1S/C20H23N7O2/c1-2-21-17-7-8-18(24-23-17)25-9-11-26(12-10-25)19(28)13-27-14-22-16-6-4-3-5-15(16)20(27)29/h3-8,14H,2,9-13H2,1H3,(H,21,23). The van der Waals surface area contributed by atoms with Crippen LogP contribution < -0.4 is 15.8 Å². The number of carbonyl (C=O) groups is 1. The Morgan fingerprint density at radius 2 is 1.86 bits per heavy atom. The van der Waals surface area contributed by atoms with Gasteiger partial charge in [0.1, 0.15) is 12.4 Å². The number of nitrogens with one attached hydrogen (secondary N) is 1. The Balaban J connectivity index is 1.38. The zero-order valence-electron chi connectivity index (χ0n) is 16.3. The largest absolute Gasteiger partial charge is 0.369 e. The minimum absolute atomic E-state index is 0.00609. The first-order valence-corrected chi connectivity index (χ1v) is 9.70. The van der Waals surface area contributed by atoms with E-state index in [1.54, 1.807) is 23.1 Å². The van der Waals surface area contributed by atoms with Crippen molar-refractivity contribution >= 4 is 28.4 Å². The highest BCUT2D eigenvalue weighted by Crippen LogP contribution is 2.14. The van der Waals surface area contributed by atoms with Crippen LogP contribution in [-0.2, 0) is 11.3 Å². The van der Waals surface area contributed by atoms with E-state index >= 15 is 0 Å². The average Bonchev–Trinajstić information content (AvgIpc) is 2.77. The summed E-state index contributed by atoms with van der Waals surface area (Å²) in [4.78, 5) is 33.4. The second kappa shape index (κ2) is 8.26. The van der Waals surface area contributed by atoms with Gasteiger partial charge in [0, 0.05) is 32.7 Å². The van der Waals surface area contributed by atoms with Gasteiger partial charge in [0.25, 0.3) is 5.56 Å². The van der Waals surface area contributed by atoms with Crippen LogP contribution >= 0.6 is 0 Å². The number of para-hydroxylation sites is 1. The molecule has 0 aliphatic carbocycles. The highest BCUT2D eigenvalue weighted by Gasteiger charge is 2.22. The molecule has 1 aliphatic rings. The van der Waals surface area contributed by atoms with E-state index in [4.69, 9.17) is 0 Å². The van der Waals surface area contributed by atoms with Gasteiger partial charge in [-0.05, 0) is 31.2 Å². The van der Waals surface area contributed by atoms with Gasteiger partial charge in [0.15, 0.2) is 5.82 Å². The Hall–Kier alpha value is -3.49. The Bertz CT molecular complexity index is 1060. The van der Waals surface area contributed by atoms with Crippen molar-refractivity contribution in [2.24, 2.45) is 0 Å². The number of aromatic nitrogens is 4. The van der Waals surface area contributed by atoms with Gasteiger partial charge >= 0.3 is 0 Å². The molecule has 2 aromatic heterocycles. The van der Waals surface area contributed by atoms with Gasteiger partial charge in [-0.25, -0.2) is 4.98 Å². The highest BCUT2D eigenvalue weighted by molar-refractivity contribution is 5.79. The first kappa shape index (κ1) is 18.9. The monoisotopic (exact) mass is 393 g/mol. The summed E-state index contributed by atoms with van der Waals surface area (Å²) >= 11 is 0. The molecule has 1 aromatic carbocycles. The summed E-state index contributed by atoms with van der Waals surface area (Å²) in [6, 6.07) is 11.0. The molecule has 4 rings (SSSR count). The fraction of sp³-hybridized carbons (Fsp3) is 0.350. The number of nitrogens with zero attached hydrogens (tertiary/aromatic N) is 6. The van der Waals surface area contributed by atoms with E-state index < -0.39 is 0 Å². The lowest BCUT2D eigenvalue weighted by molar-refractivity contribution is -0.132. The predicted octanol–water partition coefficient (Wildman–Crippen LogP) is 0.967. The van der Waals surface area contributed by atoms with E-state index in [0.29, 0.717) is 37.1 Å². The molecule has 0 unspecified atom stereocenters. The van der Waals surface area contributed by atoms with Crippen LogP contribution in [0.1, 0.15) is 6.92 Å². The fourth-order valence-corrected chi connectivity index (χ4v) is 3.42. The molecule has 1 fully saturated rings. The Morgan fingerprint density at radius 1 is 1.07 bits per heavy atom. The molecular formula is C20H23N7O2. The molecule has 9 heteroatoms.